The molecule has 0 bridgehead atoms. The molecule has 0 radical (unpaired) electrons. The highest BCUT2D eigenvalue weighted by Gasteiger charge is 2.41. The van der Waals surface area contributed by atoms with E-state index in [-0.39, 0.29) is 11.8 Å². The van der Waals surface area contributed by atoms with Crippen LogP contribution < -0.4 is 5.32 Å². The molecule has 0 saturated carbocycles. The summed E-state index contributed by atoms with van der Waals surface area (Å²) in [7, 11) is 0. The van der Waals surface area contributed by atoms with E-state index in [9.17, 15) is 9.59 Å². The van der Waals surface area contributed by atoms with E-state index in [1.807, 2.05) is 47.0 Å². The minimum atomic E-state index is -0.967. The molecule has 1 aromatic rings. The highest BCUT2D eigenvalue weighted by atomic mass is 32.2. The van der Waals surface area contributed by atoms with Crippen molar-refractivity contribution < 1.29 is 9.59 Å². The molecular formula is C16H22N2O2S. The minimum absolute atomic E-state index is 0.0174. The summed E-state index contributed by atoms with van der Waals surface area (Å²) in [6, 6.07) is 9.47. The molecule has 21 heavy (non-hydrogen) atoms. The van der Waals surface area contributed by atoms with Crippen LogP contribution in [0.5, 0.6) is 0 Å². The van der Waals surface area contributed by atoms with E-state index >= 15 is 0 Å². The van der Waals surface area contributed by atoms with Crippen molar-refractivity contribution in [1.29, 1.82) is 0 Å². The van der Waals surface area contributed by atoms with Crippen LogP contribution in [-0.4, -0.2) is 41.3 Å². The van der Waals surface area contributed by atoms with Crippen molar-refractivity contribution in [3.8, 4) is 0 Å². The third-order valence-corrected chi connectivity index (χ3v) is 4.65. The van der Waals surface area contributed by atoms with Crippen LogP contribution in [0.4, 0.5) is 0 Å². The lowest BCUT2D eigenvalue weighted by molar-refractivity contribution is -0.138. The molecule has 1 N–H and O–H groups in total. The number of hydrogen-bond acceptors (Lipinski definition) is 3. The molecule has 1 atom stereocenters. The van der Waals surface area contributed by atoms with Crippen LogP contribution >= 0.6 is 11.8 Å². The van der Waals surface area contributed by atoms with Crippen LogP contribution in [0.25, 0.3) is 0 Å². The first kappa shape index (κ1) is 15.9. The maximum atomic E-state index is 12.9. The smallest absolute Gasteiger partial charge is 0.252 e. The number of thioether (sulfide) groups is 1. The molecule has 0 spiro atoms. The molecule has 1 heterocycles. The quantitative estimate of drug-likeness (QED) is 0.847. The van der Waals surface area contributed by atoms with Crippen LogP contribution in [-0.2, 0) is 15.1 Å². The summed E-state index contributed by atoms with van der Waals surface area (Å²) in [4.78, 5) is 26.7. The summed E-state index contributed by atoms with van der Waals surface area (Å²) in [5.74, 6) is 1.85. The SMILES string of the molecule is CCSCCN1CCC(=O)NC(C)(c2ccccc2)C1=O. The second kappa shape index (κ2) is 6.98. The number of nitrogens with one attached hydrogen (secondary N) is 1. The Morgan fingerprint density at radius 1 is 1.29 bits per heavy atom. The van der Waals surface area contributed by atoms with Crippen molar-refractivity contribution in [2.24, 2.45) is 0 Å². The van der Waals surface area contributed by atoms with E-state index in [4.69, 9.17) is 0 Å². The topological polar surface area (TPSA) is 49.4 Å². The molecule has 0 aliphatic carbocycles. The number of nitrogens with zero attached hydrogens (tertiary/aromatic N) is 1. The Labute approximate surface area is 130 Å². The highest BCUT2D eigenvalue weighted by molar-refractivity contribution is 7.99. The molecule has 2 amide bonds. The van der Waals surface area contributed by atoms with Crippen LogP contribution in [0.15, 0.2) is 30.3 Å². The zero-order valence-electron chi connectivity index (χ0n) is 12.6. The number of carbonyl (C=O) groups is 2. The molecule has 114 valence electrons. The summed E-state index contributed by atoms with van der Waals surface area (Å²) in [6.07, 6.45) is 0.366. The molecule has 1 aromatic carbocycles. The predicted octanol–water partition coefficient (Wildman–Crippen LogP) is 2.00. The van der Waals surface area contributed by atoms with Gasteiger partial charge >= 0.3 is 0 Å². The first-order valence-electron chi connectivity index (χ1n) is 7.31. The van der Waals surface area contributed by atoms with Gasteiger partial charge in [0.1, 0.15) is 5.54 Å². The molecule has 1 fully saturated rings. The Kier molecular flexibility index (Phi) is 5.28. The van der Waals surface area contributed by atoms with Gasteiger partial charge in [-0.25, -0.2) is 0 Å². The van der Waals surface area contributed by atoms with Crippen molar-refractivity contribution in [2.45, 2.75) is 25.8 Å². The molecular weight excluding hydrogens is 284 g/mol. The molecule has 2 rings (SSSR count). The van der Waals surface area contributed by atoms with Crippen molar-refractivity contribution >= 4 is 23.6 Å². The van der Waals surface area contributed by atoms with E-state index in [1.165, 1.54) is 0 Å². The minimum Gasteiger partial charge on any atom is -0.339 e. The lowest BCUT2D eigenvalue weighted by Gasteiger charge is -2.32. The maximum absolute atomic E-state index is 12.9. The largest absolute Gasteiger partial charge is 0.339 e. The fourth-order valence-electron chi connectivity index (χ4n) is 2.55. The Morgan fingerprint density at radius 3 is 2.67 bits per heavy atom. The summed E-state index contributed by atoms with van der Waals surface area (Å²) >= 11 is 1.81. The van der Waals surface area contributed by atoms with E-state index in [2.05, 4.69) is 12.2 Å². The van der Waals surface area contributed by atoms with Gasteiger partial charge < -0.3 is 10.2 Å². The number of rotatable bonds is 5. The second-order valence-corrected chi connectivity index (χ2v) is 6.67. The fraction of sp³-hybridized carbons (Fsp3) is 0.500. The van der Waals surface area contributed by atoms with Gasteiger partial charge in [0.15, 0.2) is 0 Å². The average Bonchev–Trinajstić information content (AvgIpc) is 2.60. The van der Waals surface area contributed by atoms with Gasteiger partial charge in [-0.05, 0) is 18.2 Å². The summed E-state index contributed by atoms with van der Waals surface area (Å²) in [5.41, 5.74) is -0.135. The summed E-state index contributed by atoms with van der Waals surface area (Å²) < 4.78 is 0. The first-order chi connectivity index (χ1) is 10.1. The number of carbonyl (C=O) groups excluding carboxylic acids is 2. The van der Waals surface area contributed by atoms with Gasteiger partial charge in [0.05, 0.1) is 0 Å². The molecule has 4 nitrogen and oxygen atoms in total. The van der Waals surface area contributed by atoms with Crippen LogP contribution in [0.3, 0.4) is 0 Å². The van der Waals surface area contributed by atoms with Crippen molar-refractivity contribution in [3.05, 3.63) is 35.9 Å². The summed E-state index contributed by atoms with van der Waals surface area (Å²) in [5, 5.41) is 2.90. The van der Waals surface area contributed by atoms with Gasteiger partial charge in [-0.2, -0.15) is 11.8 Å². The Balaban J connectivity index is 2.25. The molecule has 0 aromatic heterocycles. The zero-order chi connectivity index (χ0) is 15.3. The molecule has 1 aliphatic heterocycles. The average molecular weight is 306 g/mol. The van der Waals surface area contributed by atoms with Crippen molar-refractivity contribution in [2.75, 3.05) is 24.6 Å². The Morgan fingerprint density at radius 2 is 2.00 bits per heavy atom. The highest BCUT2D eigenvalue weighted by Crippen LogP contribution is 2.26. The third-order valence-electron chi connectivity index (χ3n) is 3.77. The van der Waals surface area contributed by atoms with Gasteiger partial charge in [0, 0.05) is 25.3 Å². The number of amides is 2. The van der Waals surface area contributed by atoms with E-state index in [0.717, 1.165) is 17.1 Å². The molecule has 1 saturated heterocycles. The van der Waals surface area contributed by atoms with Crippen molar-refractivity contribution in [3.63, 3.8) is 0 Å². The number of benzene rings is 1. The number of hydrogen-bond donors (Lipinski definition) is 1. The van der Waals surface area contributed by atoms with E-state index in [1.54, 1.807) is 6.92 Å². The molecule has 1 aliphatic rings. The van der Waals surface area contributed by atoms with Crippen LogP contribution in [0.2, 0.25) is 0 Å². The Bertz CT molecular complexity index is 506. The van der Waals surface area contributed by atoms with Gasteiger partial charge in [-0.1, -0.05) is 37.3 Å². The first-order valence-corrected chi connectivity index (χ1v) is 8.47. The van der Waals surface area contributed by atoms with Crippen molar-refractivity contribution in [1.82, 2.24) is 10.2 Å². The zero-order valence-corrected chi connectivity index (χ0v) is 13.4. The fourth-order valence-corrected chi connectivity index (χ4v) is 3.19. The van der Waals surface area contributed by atoms with Gasteiger partial charge in [0.2, 0.25) is 5.91 Å². The normalized spacial score (nSPS) is 22.9. The molecule has 5 heteroatoms. The van der Waals surface area contributed by atoms with Crippen LogP contribution in [0.1, 0.15) is 25.8 Å². The third kappa shape index (κ3) is 3.59. The monoisotopic (exact) mass is 306 g/mol. The van der Waals surface area contributed by atoms with E-state index < -0.39 is 5.54 Å². The Hall–Kier alpha value is -1.49. The second-order valence-electron chi connectivity index (χ2n) is 5.28. The summed E-state index contributed by atoms with van der Waals surface area (Å²) in [6.45, 7) is 5.09. The lowest BCUT2D eigenvalue weighted by Crippen LogP contribution is -2.52. The van der Waals surface area contributed by atoms with Gasteiger partial charge in [-0.3, -0.25) is 9.59 Å². The van der Waals surface area contributed by atoms with Gasteiger partial charge in [-0.15, -0.1) is 0 Å². The molecule has 1 unspecified atom stereocenters. The predicted molar refractivity (Wildman–Crippen MR) is 86.1 cm³/mol. The maximum Gasteiger partial charge on any atom is 0.252 e. The van der Waals surface area contributed by atoms with Gasteiger partial charge in [0.25, 0.3) is 5.91 Å². The van der Waals surface area contributed by atoms with Crippen LogP contribution in [0, 0.1) is 0 Å². The van der Waals surface area contributed by atoms with E-state index in [0.29, 0.717) is 19.5 Å². The lowest BCUT2D eigenvalue weighted by atomic mass is 9.90. The standard InChI is InChI=1S/C16H22N2O2S/c1-3-21-12-11-18-10-9-14(19)17-16(2,15(18)20)13-7-5-4-6-8-13/h4-8H,3,9-12H2,1-2H3,(H,17,19).